The Balaban J connectivity index is 1.96. The third kappa shape index (κ3) is 3.67. The van der Waals surface area contributed by atoms with Gasteiger partial charge in [-0.25, -0.2) is 12.7 Å². The molecule has 8 heteroatoms. The molecular formula is C14H26N4O3S. The molecule has 1 saturated heterocycles. The van der Waals surface area contributed by atoms with Crippen molar-refractivity contribution >= 4 is 10.0 Å². The topological polar surface area (TPSA) is 88.3 Å². The number of sulfonamides is 1. The van der Waals surface area contributed by atoms with Gasteiger partial charge in [0.05, 0.1) is 11.3 Å². The first kappa shape index (κ1) is 17.4. The van der Waals surface area contributed by atoms with E-state index >= 15 is 0 Å². The minimum atomic E-state index is -3.17. The third-order valence-electron chi connectivity index (χ3n) is 4.20. The smallest absolute Gasteiger partial charge is 0.243 e. The number of nitrogens with zero attached hydrogens (tertiary/aromatic N) is 3. The Labute approximate surface area is 132 Å². The first-order valence-electron chi connectivity index (χ1n) is 7.77. The minimum absolute atomic E-state index is 0.0399. The van der Waals surface area contributed by atoms with Crippen LogP contribution in [0.1, 0.15) is 51.9 Å². The lowest BCUT2D eigenvalue weighted by Crippen LogP contribution is -2.51. The van der Waals surface area contributed by atoms with E-state index in [0.29, 0.717) is 24.8 Å². The zero-order valence-corrected chi connectivity index (χ0v) is 14.7. The molecule has 0 bridgehead atoms. The first-order chi connectivity index (χ1) is 10.2. The monoisotopic (exact) mass is 330 g/mol. The Kier molecular flexibility index (Phi) is 5.24. The van der Waals surface area contributed by atoms with E-state index in [2.05, 4.69) is 22.4 Å². The molecule has 0 spiro atoms. The summed E-state index contributed by atoms with van der Waals surface area (Å²) in [7, 11) is -3.17. The molecule has 126 valence electrons. The van der Waals surface area contributed by atoms with Crippen molar-refractivity contribution < 1.29 is 12.9 Å². The minimum Gasteiger partial charge on any atom is -0.338 e. The summed E-state index contributed by atoms with van der Waals surface area (Å²) in [5.74, 6) is 1.42. The van der Waals surface area contributed by atoms with Gasteiger partial charge in [-0.2, -0.15) is 4.98 Å². The van der Waals surface area contributed by atoms with Crippen molar-refractivity contribution in [3.8, 4) is 0 Å². The molecule has 0 unspecified atom stereocenters. The van der Waals surface area contributed by atoms with Gasteiger partial charge in [0.1, 0.15) is 0 Å². The highest BCUT2D eigenvalue weighted by molar-refractivity contribution is 7.89. The first-order valence-corrected chi connectivity index (χ1v) is 9.27. The molecule has 0 aliphatic carbocycles. The number of piperidine rings is 1. The predicted molar refractivity (Wildman–Crippen MR) is 83.8 cm³/mol. The van der Waals surface area contributed by atoms with E-state index in [4.69, 9.17) is 4.52 Å². The summed E-state index contributed by atoms with van der Waals surface area (Å²) in [4.78, 5) is 4.23. The number of hydrogen-bond donors (Lipinski definition) is 1. The molecule has 2 rings (SSSR count). The molecule has 1 aliphatic rings. The Morgan fingerprint density at radius 3 is 2.55 bits per heavy atom. The number of aryl methyl sites for hydroxylation is 1. The molecule has 0 amide bonds. The van der Waals surface area contributed by atoms with E-state index < -0.39 is 10.0 Å². The van der Waals surface area contributed by atoms with E-state index in [1.165, 1.54) is 0 Å². The van der Waals surface area contributed by atoms with Crippen molar-refractivity contribution in [2.24, 2.45) is 5.92 Å². The fourth-order valence-electron chi connectivity index (χ4n) is 2.77. The van der Waals surface area contributed by atoms with Gasteiger partial charge in [0.2, 0.25) is 15.9 Å². The van der Waals surface area contributed by atoms with Crippen LogP contribution < -0.4 is 5.32 Å². The molecule has 3 atom stereocenters. The molecule has 7 nitrogen and oxygen atoms in total. The summed E-state index contributed by atoms with van der Waals surface area (Å²) in [5.41, 5.74) is 0. The molecule has 1 aromatic rings. The third-order valence-corrected chi connectivity index (χ3v) is 6.44. The lowest BCUT2D eigenvalue weighted by molar-refractivity contribution is 0.199. The lowest BCUT2D eigenvalue weighted by Gasteiger charge is -2.38. The van der Waals surface area contributed by atoms with Gasteiger partial charge in [-0.15, -0.1) is 0 Å². The molecule has 1 aromatic heterocycles. The molecule has 0 radical (unpaired) electrons. The van der Waals surface area contributed by atoms with Crippen LogP contribution in [0.3, 0.4) is 0 Å². The SMILES string of the molecule is Cc1noc([C@H](C)N[C@@H]2CCN(S(=O)(=O)C(C)C)C[C@H]2C)n1. The Morgan fingerprint density at radius 2 is 2.05 bits per heavy atom. The molecule has 0 aromatic carbocycles. The van der Waals surface area contributed by atoms with Crippen molar-refractivity contribution in [3.63, 3.8) is 0 Å². The van der Waals surface area contributed by atoms with Crippen LogP contribution in [0.2, 0.25) is 0 Å². The molecule has 1 aliphatic heterocycles. The van der Waals surface area contributed by atoms with Crippen molar-refractivity contribution in [2.75, 3.05) is 13.1 Å². The van der Waals surface area contributed by atoms with Gasteiger partial charge in [-0.3, -0.25) is 0 Å². The van der Waals surface area contributed by atoms with Gasteiger partial charge in [0.25, 0.3) is 0 Å². The van der Waals surface area contributed by atoms with E-state index in [9.17, 15) is 8.42 Å². The van der Waals surface area contributed by atoms with Crippen molar-refractivity contribution in [1.82, 2.24) is 19.8 Å². The van der Waals surface area contributed by atoms with Gasteiger partial charge in [0.15, 0.2) is 5.82 Å². The maximum absolute atomic E-state index is 12.3. The van der Waals surface area contributed by atoms with Crippen LogP contribution in [0.5, 0.6) is 0 Å². The number of nitrogens with one attached hydrogen (secondary N) is 1. The number of aromatic nitrogens is 2. The van der Waals surface area contributed by atoms with E-state index in [1.54, 1.807) is 25.1 Å². The molecule has 1 N–H and O–H groups in total. The molecule has 2 heterocycles. The van der Waals surface area contributed by atoms with Crippen LogP contribution in [0.4, 0.5) is 0 Å². The summed E-state index contributed by atoms with van der Waals surface area (Å²) in [5, 5.41) is 6.91. The van der Waals surface area contributed by atoms with Crippen LogP contribution in [0, 0.1) is 12.8 Å². The Bertz CT molecular complexity index is 599. The standard InChI is InChI=1S/C14H26N4O3S/c1-9(2)22(19,20)18-7-6-13(10(3)8-18)15-11(4)14-16-12(5)17-21-14/h9-11,13,15H,6-8H2,1-5H3/t10-,11+,13-/m1/s1. The van der Waals surface area contributed by atoms with Crippen LogP contribution in [-0.4, -0.2) is 47.2 Å². The average Bonchev–Trinajstić information content (AvgIpc) is 2.87. The fraction of sp³-hybridized carbons (Fsp3) is 0.857. The second-order valence-electron chi connectivity index (χ2n) is 6.39. The predicted octanol–water partition coefficient (Wildman–Crippen LogP) is 1.48. The van der Waals surface area contributed by atoms with Crippen LogP contribution in [-0.2, 0) is 10.0 Å². The summed E-state index contributed by atoms with van der Waals surface area (Å²) < 4.78 is 31.3. The Hall–Kier alpha value is -0.990. The summed E-state index contributed by atoms with van der Waals surface area (Å²) in [6.07, 6.45) is 0.782. The fourth-order valence-corrected chi connectivity index (χ4v) is 4.16. The largest absolute Gasteiger partial charge is 0.338 e. The molecule has 0 saturated carbocycles. The van der Waals surface area contributed by atoms with Crippen molar-refractivity contribution in [3.05, 3.63) is 11.7 Å². The highest BCUT2D eigenvalue weighted by atomic mass is 32.2. The van der Waals surface area contributed by atoms with Gasteiger partial charge in [-0.05, 0) is 40.0 Å². The second kappa shape index (κ2) is 6.64. The maximum Gasteiger partial charge on any atom is 0.243 e. The van der Waals surface area contributed by atoms with Crippen LogP contribution >= 0.6 is 0 Å². The number of rotatable bonds is 5. The second-order valence-corrected chi connectivity index (χ2v) is 8.88. The van der Waals surface area contributed by atoms with Crippen molar-refractivity contribution in [2.45, 2.75) is 58.4 Å². The van der Waals surface area contributed by atoms with E-state index in [0.717, 1.165) is 6.42 Å². The summed E-state index contributed by atoms with van der Waals surface area (Å²) >= 11 is 0. The zero-order valence-electron chi connectivity index (χ0n) is 13.9. The number of hydrogen-bond acceptors (Lipinski definition) is 6. The van der Waals surface area contributed by atoms with E-state index in [-0.39, 0.29) is 23.3 Å². The summed E-state index contributed by atoms with van der Waals surface area (Å²) in [6.45, 7) is 10.4. The quantitative estimate of drug-likeness (QED) is 0.879. The maximum atomic E-state index is 12.3. The zero-order chi connectivity index (χ0) is 16.5. The average molecular weight is 330 g/mol. The van der Waals surface area contributed by atoms with Crippen molar-refractivity contribution in [1.29, 1.82) is 0 Å². The van der Waals surface area contributed by atoms with Gasteiger partial charge in [-0.1, -0.05) is 12.1 Å². The Morgan fingerprint density at radius 1 is 1.36 bits per heavy atom. The normalized spacial score (nSPS) is 25.5. The molecule has 1 fully saturated rings. The van der Waals surface area contributed by atoms with Gasteiger partial charge < -0.3 is 9.84 Å². The van der Waals surface area contributed by atoms with Crippen LogP contribution in [0.15, 0.2) is 4.52 Å². The van der Waals surface area contributed by atoms with Gasteiger partial charge in [0, 0.05) is 19.1 Å². The summed E-state index contributed by atoms with van der Waals surface area (Å²) in [6, 6.07) is 0.197. The lowest BCUT2D eigenvalue weighted by atomic mass is 9.94. The highest BCUT2D eigenvalue weighted by Crippen LogP contribution is 2.23. The molecule has 22 heavy (non-hydrogen) atoms. The highest BCUT2D eigenvalue weighted by Gasteiger charge is 2.34. The van der Waals surface area contributed by atoms with Crippen LogP contribution in [0.25, 0.3) is 0 Å². The van der Waals surface area contributed by atoms with Gasteiger partial charge >= 0.3 is 0 Å². The van der Waals surface area contributed by atoms with E-state index in [1.807, 2.05) is 6.92 Å². The molecular weight excluding hydrogens is 304 g/mol.